The summed E-state index contributed by atoms with van der Waals surface area (Å²) >= 11 is 4.62. The molecule has 0 aliphatic carbocycles. The molecule has 8 heteroatoms. The van der Waals surface area contributed by atoms with Crippen LogP contribution in [0.5, 0.6) is 0 Å². The molecule has 0 spiro atoms. The molecule has 20 heavy (non-hydrogen) atoms. The van der Waals surface area contributed by atoms with Crippen molar-refractivity contribution >= 4 is 33.2 Å². The van der Waals surface area contributed by atoms with Crippen LogP contribution in [-0.2, 0) is 4.74 Å². The summed E-state index contributed by atoms with van der Waals surface area (Å²) in [6.07, 6.45) is -2.91. The van der Waals surface area contributed by atoms with Gasteiger partial charge in [-0.15, -0.1) is 11.3 Å². The van der Waals surface area contributed by atoms with Crippen LogP contribution in [0.2, 0.25) is 0 Å². The number of alkyl halides is 2. The predicted molar refractivity (Wildman–Crippen MR) is 73.2 cm³/mol. The van der Waals surface area contributed by atoms with Gasteiger partial charge in [-0.2, -0.15) is 0 Å². The lowest BCUT2D eigenvalue weighted by Gasteiger charge is -1.99. The topological polar surface area (TPSA) is 52.3 Å². The molecule has 0 N–H and O–H groups in total. The van der Waals surface area contributed by atoms with Crippen molar-refractivity contribution in [3.63, 3.8) is 0 Å². The van der Waals surface area contributed by atoms with Gasteiger partial charge < -0.3 is 9.15 Å². The van der Waals surface area contributed by atoms with E-state index in [0.717, 1.165) is 9.35 Å². The number of oxazole rings is 1. The van der Waals surface area contributed by atoms with E-state index in [1.165, 1.54) is 11.3 Å². The number of hydrogen-bond acceptors (Lipinski definition) is 5. The molecule has 2 rings (SSSR count). The lowest BCUT2D eigenvalue weighted by Crippen LogP contribution is -2.06. The van der Waals surface area contributed by atoms with E-state index in [4.69, 9.17) is 4.42 Å². The maximum absolute atomic E-state index is 12.9. The molecule has 0 saturated carbocycles. The molecule has 4 nitrogen and oxygen atoms in total. The number of ether oxygens (including phenoxy) is 1. The minimum atomic E-state index is -2.91. The summed E-state index contributed by atoms with van der Waals surface area (Å²) in [5, 5.41) is 0. The number of nitrogens with zero attached hydrogens (tertiary/aromatic N) is 1. The van der Waals surface area contributed by atoms with Gasteiger partial charge >= 0.3 is 5.97 Å². The molecule has 0 unspecified atom stereocenters. The van der Waals surface area contributed by atoms with Gasteiger partial charge in [0.05, 0.1) is 15.3 Å². The van der Waals surface area contributed by atoms with E-state index in [1.807, 2.05) is 6.92 Å². The Labute approximate surface area is 125 Å². The maximum atomic E-state index is 12.9. The molecule has 0 fully saturated rings. The summed E-state index contributed by atoms with van der Waals surface area (Å²) in [6, 6.07) is 1.74. The second-order valence-electron chi connectivity index (χ2n) is 3.82. The van der Waals surface area contributed by atoms with Crippen LogP contribution in [0.4, 0.5) is 8.78 Å². The van der Waals surface area contributed by atoms with Crippen molar-refractivity contribution in [2.75, 3.05) is 6.61 Å². The van der Waals surface area contributed by atoms with Crippen LogP contribution < -0.4 is 0 Å². The van der Waals surface area contributed by atoms with Gasteiger partial charge in [0.15, 0.2) is 5.69 Å². The SMILES string of the molecule is CCOC(=O)c1oc(-c2cc(C)c(Br)s2)nc1C(F)F. The van der Waals surface area contributed by atoms with E-state index >= 15 is 0 Å². The monoisotopic (exact) mass is 365 g/mol. The highest BCUT2D eigenvalue weighted by Crippen LogP contribution is 2.36. The number of halogens is 3. The Hall–Kier alpha value is -1.28. The van der Waals surface area contributed by atoms with Crippen molar-refractivity contribution in [1.82, 2.24) is 4.98 Å². The van der Waals surface area contributed by atoms with Crippen molar-refractivity contribution in [3.05, 3.63) is 26.9 Å². The van der Waals surface area contributed by atoms with Gasteiger partial charge in [0.2, 0.25) is 11.7 Å². The summed E-state index contributed by atoms with van der Waals surface area (Å²) in [6.45, 7) is 3.51. The van der Waals surface area contributed by atoms with Crippen molar-refractivity contribution in [3.8, 4) is 10.8 Å². The molecular weight excluding hydrogens is 356 g/mol. The third-order valence-corrected chi connectivity index (χ3v) is 4.51. The zero-order valence-corrected chi connectivity index (χ0v) is 13.0. The highest BCUT2D eigenvalue weighted by atomic mass is 79.9. The number of thiophene rings is 1. The molecule has 0 atom stereocenters. The highest BCUT2D eigenvalue weighted by molar-refractivity contribution is 9.11. The van der Waals surface area contributed by atoms with Gasteiger partial charge in [0.1, 0.15) is 0 Å². The molecule has 0 radical (unpaired) electrons. The van der Waals surface area contributed by atoms with Crippen LogP contribution in [0.3, 0.4) is 0 Å². The number of esters is 1. The van der Waals surface area contributed by atoms with Gasteiger partial charge in [-0.3, -0.25) is 0 Å². The number of carbonyl (C=O) groups is 1. The summed E-state index contributed by atoms with van der Waals surface area (Å²) in [7, 11) is 0. The zero-order valence-electron chi connectivity index (χ0n) is 10.6. The quantitative estimate of drug-likeness (QED) is 0.743. The second-order valence-corrected chi connectivity index (χ2v) is 6.19. The molecule has 2 heterocycles. The average molecular weight is 366 g/mol. The van der Waals surface area contributed by atoms with Crippen LogP contribution in [0.15, 0.2) is 14.3 Å². The zero-order chi connectivity index (χ0) is 14.9. The van der Waals surface area contributed by atoms with Crippen LogP contribution >= 0.6 is 27.3 Å². The molecule has 0 amide bonds. The van der Waals surface area contributed by atoms with Crippen molar-refractivity contribution in [1.29, 1.82) is 0 Å². The number of hydrogen-bond donors (Lipinski definition) is 0. The lowest BCUT2D eigenvalue weighted by atomic mass is 10.3. The molecule has 0 saturated heterocycles. The average Bonchev–Trinajstić information content (AvgIpc) is 2.95. The molecular formula is C12H10BrF2NO3S. The first-order valence-electron chi connectivity index (χ1n) is 5.66. The number of rotatable bonds is 4. The first-order valence-corrected chi connectivity index (χ1v) is 7.27. The van der Waals surface area contributed by atoms with E-state index in [9.17, 15) is 13.6 Å². The Morgan fingerprint density at radius 1 is 1.60 bits per heavy atom. The minimum Gasteiger partial charge on any atom is -0.460 e. The summed E-state index contributed by atoms with van der Waals surface area (Å²) in [5.74, 6) is -1.49. The molecule has 2 aromatic heterocycles. The Morgan fingerprint density at radius 3 is 2.80 bits per heavy atom. The Balaban J connectivity index is 2.46. The van der Waals surface area contributed by atoms with Gasteiger partial charge in [0.25, 0.3) is 6.43 Å². The standard InChI is InChI=1S/C12H10BrF2NO3S/c1-3-18-12(17)8-7(10(14)15)16-11(19-8)6-4-5(2)9(13)20-6/h4,10H,3H2,1-2H3. The van der Waals surface area contributed by atoms with E-state index in [2.05, 4.69) is 25.7 Å². The molecule has 0 aliphatic rings. The van der Waals surface area contributed by atoms with Crippen molar-refractivity contribution < 1.29 is 22.7 Å². The number of aromatic nitrogens is 1. The summed E-state index contributed by atoms with van der Waals surface area (Å²) in [4.78, 5) is 15.9. The van der Waals surface area contributed by atoms with Crippen LogP contribution in [0, 0.1) is 6.92 Å². The van der Waals surface area contributed by atoms with E-state index in [0.29, 0.717) is 4.88 Å². The summed E-state index contributed by atoms with van der Waals surface area (Å²) < 4.78 is 36.5. The molecule has 0 bridgehead atoms. The Morgan fingerprint density at radius 2 is 2.30 bits per heavy atom. The lowest BCUT2D eigenvalue weighted by molar-refractivity contribution is 0.0476. The van der Waals surface area contributed by atoms with Crippen molar-refractivity contribution in [2.45, 2.75) is 20.3 Å². The van der Waals surface area contributed by atoms with E-state index in [-0.39, 0.29) is 12.5 Å². The number of carbonyl (C=O) groups excluding carboxylic acids is 1. The Kier molecular flexibility index (Phi) is 4.54. The first-order chi connectivity index (χ1) is 9.43. The fourth-order valence-corrected chi connectivity index (χ4v) is 2.95. The van der Waals surface area contributed by atoms with Crippen LogP contribution in [-0.4, -0.2) is 17.6 Å². The van der Waals surface area contributed by atoms with Crippen LogP contribution in [0.1, 0.15) is 35.2 Å². The van der Waals surface area contributed by atoms with Crippen LogP contribution in [0.25, 0.3) is 10.8 Å². The van der Waals surface area contributed by atoms with Gasteiger partial charge in [-0.1, -0.05) is 0 Å². The van der Waals surface area contributed by atoms with Gasteiger partial charge in [0, 0.05) is 0 Å². The molecule has 0 aromatic carbocycles. The molecule has 0 aliphatic heterocycles. The van der Waals surface area contributed by atoms with Gasteiger partial charge in [-0.05, 0) is 41.4 Å². The normalized spacial score (nSPS) is 11.1. The first kappa shape index (κ1) is 15.1. The van der Waals surface area contributed by atoms with Gasteiger partial charge in [-0.25, -0.2) is 18.6 Å². The fraction of sp³-hybridized carbons (Fsp3) is 0.333. The minimum absolute atomic E-state index is 0.0119. The van der Waals surface area contributed by atoms with Crippen molar-refractivity contribution in [2.24, 2.45) is 0 Å². The predicted octanol–water partition coefficient (Wildman–Crippen LogP) is 4.59. The molecule has 108 valence electrons. The maximum Gasteiger partial charge on any atom is 0.376 e. The molecule has 2 aromatic rings. The smallest absolute Gasteiger partial charge is 0.376 e. The third-order valence-electron chi connectivity index (χ3n) is 2.39. The fourth-order valence-electron chi connectivity index (χ4n) is 1.49. The Bertz CT molecular complexity index is 619. The summed E-state index contributed by atoms with van der Waals surface area (Å²) in [5.41, 5.74) is 0.236. The van der Waals surface area contributed by atoms with E-state index in [1.54, 1.807) is 13.0 Å². The largest absolute Gasteiger partial charge is 0.460 e. The highest BCUT2D eigenvalue weighted by Gasteiger charge is 2.28. The number of aryl methyl sites for hydroxylation is 1. The third kappa shape index (κ3) is 2.90. The van der Waals surface area contributed by atoms with E-state index < -0.39 is 23.8 Å². The second kappa shape index (κ2) is 6.01.